The summed E-state index contributed by atoms with van der Waals surface area (Å²) in [6.45, 7) is 9.92. The van der Waals surface area contributed by atoms with Gasteiger partial charge in [-0.3, -0.25) is 29.4 Å². The fraction of sp³-hybridized carbons (Fsp3) is 0.480. The number of ether oxygens (including phenoxy) is 2. The molecule has 0 aliphatic carbocycles. The molecular weight excluding hydrogens is 454 g/mol. The molecule has 5 amide bonds. The van der Waals surface area contributed by atoms with E-state index in [-0.39, 0.29) is 43.7 Å². The van der Waals surface area contributed by atoms with Crippen molar-refractivity contribution in [1.29, 1.82) is 0 Å². The van der Waals surface area contributed by atoms with Gasteiger partial charge in [0.2, 0.25) is 11.8 Å². The Balaban J connectivity index is 0.00000210. The van der Waals surface area contributed by atoms with Gasteiger partial charge in [0.25, 0.3) is 11.8 Å². The molecule has 188 valence electrons. The SMILES string of the molecule is CC.CC(C)(C)OC(=O)NCCOCC#Cc1ccc2c(c1)C(=O)N(C1CCC(=O)NC1=O)C2=O. The van der Waals surface area contributed by atoms with Gasteiger partial charge in [0.1, 0.15) is 18.2 Å². The molecule has 35 heavy (non-hydrogen) atoms. The maximum Gasteiger partial charge on any atom is 0.407 e. The number of rotatable bonds is 5. The van der Waals surface area contributed by atoms with Gasteiger partial charge >= 0.3 is 6.09 Å². The van der Waals surface area contributed by atoms with E-state index in [4.69, 9.17) is 9.47 Å². The maximum absolute atomic E-state index is 12.8. The zero-order valence-corrected chi connectivity index (χ0v) is 20.6. The third-order valence-electron chi connectivity index (χ3n) is 4.76. The first-order valence-electron chi connectivity index (χ1n) is 11.5. The third kappa shape index (κ3) is 7.39. The zero-order chi connectivity index (χ0) is 26.2. The van der Waals surface area contributed by atoms with Crippen molar-refractivity contribution < 1.29 is 33.4 Å². The van der Waals surface area contributed by atoms with Gasteiger partial charge in [0, 0.05) is 18.5 Å². The van der Waals surface area contributed by atoms with Crippen LogP contribution in [-0.4, -0.2) is 66.0 Å². The van der Waals surface area contributed by atoms with Crippen molar-refractivity contribution in [2.45, 2.75) is 59.1 Å². The number of imide groups is 2. The van der Waals surface area contributed by atoms with E-state index in [0.29, 0.717) is 5.56 Å². The number of hydrogen-bond donors (Lipinski definition) is 2. The Morgan fingerprint density at radius 1 is 1.14 bits per heavy atom. The highest BCUT2D eigenvalue weighted by Crippen LogP contribution is 2.28. The Morgan fingerprint density at radius 2 is 1.83 bits per heavy atom. The first-order valence-corrected chi connectivity index (χ1v) is 11.5. The molecule has 1 saturated heterocycles. The molecule has 1 atom stereocenters. The van der Waals surface area contributed by atoms with Gasteiger partial charge in [0.15, 0.2) is 0 Å². The molecule has 10 heteroatoms. The van der Waals surface area contributed by atoms with Gasteiger partial charge in [-0.1, -0.05) is 25.7 Å². The first kappa shape index (κ1) is 27.5. The molecule has 0 bridgehead atoms. The van der Waals surface area contributed by atoms with Crippen LogP contribution in [0.2, 0.25) is 0 Å². The summed E-state index contributed by atoms with van der Waals surface area (Å²) < 4.78 is 10.4. The van der Waals surface area contributed by atoms with Crippen LogP contribution in [0.15, 0.2) is 18.2 Å². The number of piperidine rings is 1. The van der Waals surface area contributed by atoms with E-state index in [2.05, 4.69) is 22.5 Å². The Bertz CT molecular complexity index is 1060. The number of nitrogens with zero attached hydrogens (tertiary/aromatic N) is 1. The van der Waals surface area contributed by atoms with Crippen molar-refractivity contribution in [1.82, 2.24) is 15.5 Å². The van der Waals surface area contributed by atoms with Crippen molar-refractivity contribution in [2.24, 2.45) is 0 Å². The zero-order valence-electron chi connectivity index (χ0n) is 20.6. The highest BCUT2D eigenvalue weighted by Gasteiger charge is 2.44. The summed E-state index contributed by atoms with van der Waals surface area (Å²) in [6.07, 6.45) is -0.364. The number of carbonyl (C=O) groups excluding carboxylic acids is 5. The number of benzene rings is 1. The fourth-order valence-electron chi connectivity index (χ4n) is 3.35. The lowest BCUT2D eigenvalue weighted by Crippen LogP contribution is -2.54. The Hall–Kier alpha value is -3.71. The molecule has 2 aliphatic heterocycles. The second-order valence-corrected chi connectivity index (χ2v) is 8.49. The summed E-state index contributed by atoms with van der Waals surface area (Å²) in [4.78, 5) is 61.4. The van der Waals surface area contributed by atoms with Crippen LogP contribution in [0, 0.1) is 11.8 Å². The minimum absolute atomic E-state index is 0.0633. The molecule has 0 aromatic heterocycles. The topological polar surface area (TPSA) is 131 Å². The molecule has 1 unspecified atom stereocenters. The third-order valence-corrected chi connectivity index (χ3v) is 4.76. The quantitative estimate of drug-likeness (QED) is 0.370. The number of nitrogens with one attached hydrogen (secondary N) is 2. The minimum Gasteiger partial charge on any atom is -0.444 e. The predicted molar refractivity (Wildman–Crippen MR) is 126 cm³/mol. The van der Waals surface area contributed by atoms with E-state index >= 15 is 0 Å². The van der Waals surface area contributed by atoms with E-state index in [1.807, 2.05) is 13.8 Å². The number of alkyl carbamates (subject to hydrolysis) is 1. The van der Waals surface area contributed by atoms with Gasteiger partial charge in [0.05, 0.1) is 17.7 Å². The van der Waals surface area contributed by atoms with Gasteiger partial charge < -0.3 is 14.8 Å². The Labute approximate surface area is 204 Å². The smallest absolute Gasteiger partial charge is 0.407 e. The number of hydrogen-bond acceptors (Lipinski definition) is 7. The van der Waals surface area contributed by atoms with Gasteiger partial charge in [-0.25, -0.2) is 4.79 Å². The number of carbonyl (C=O) groups is 5. The number of fused-ring (bicyclic) bond motifs is 1. The van der Waals surface area contributed by atoms with Crippen molar-refractivity contribution in [3.05, 3.63) is 34.9 Å². The van der Waals surface area contributed by atoms with Crippen molar-refractivity contribution in [2.75, 3.05) is 19.8 Å². The molecule has 0 spiro atoms. The summed E-state index contributed by atoms with van der Waals surface area (Å²) in [5, 5.41) is 4.73. The molecule has 3 rings (SSSR count). The van der Waals surface area contributed by atoms with Gasteiger partial charge in [-0.2, -0.15) is 0 Å². The van der Waals surface area contributed by atoms with Crippen LogP contribution >= 0.6 is 0 Å². The molecule has 2 N–H and O–H groups in total. The minimum atomic E-state index is -1.01. The average molecular weight is 486 g/mol. The number of amides is 5. The Morgan fingerprint density at radius 3 is 2.49 bits per heavy atom. The highest BCUT2D eigenvalue weighted by molar-refractivity contribution is 6.23. The summed E-state index contributed by atoms with van der Waals surface area (Å²) in [6, 6.07) is 3.59. The van der Waals surface area contributed by atoms with Crippen LogP contribution in [-0.2, 0) is 19.1 Å². The lowest BCUT2D eigenvalue weighted by Gasteiger charge is -2.27. The van der Waals surface area contributed by atoms with Crippen molar-refractivity contribution in [3.63, 3.8) is 0 Å². The monoisotopic (exact) mass is 485 g/mol. The molecule has 2 aliphatic rings. The van der Waals surface area contributed by atoms with Crippen LogP contribution in [0.4, 0.5) is 4.79 Å². The van der Waals surface area contributed by atoms with Gasteiger partial charge in [-0.15, -0.1) is 0 Å². The van der Waals surface area contributed by atoms with Crippen molar-refractivity contribution in [3.8, 4) is 11.8 Å². The fourth-order valence-corrected chi connectivity index (χ4v) is 3.35. The molecule has 2 heterocycles. The first-order chi connectivity index (χ1) is 16.6. The Kier molecular flexibility index (Phi) is 9.54. The molecule has 0 radical (unpaired) electrons. The standard InChI is InChI=1S/C23H25N3O7.C2H6/c1-23(2,3)33-22(31)24-10-12-32-11-4-5-14-6-7-15-16(13-14)21(30)26(20(15)29)17-8-9-18(27)25-19(17)28;1-2/h6-7,13,17H,8-12H2,1-3H3,(H,24,31)(H,25,27,28);1-2H3. The predicted octanol–water partition coefficient (Wildman–Crippen LogP) is 2.01. The summed E-state index contributed by atoms with van der Waals surface area (Å²) in [5.41, 5.74) is 0.297. The van der Waals surface area contributed by atoms with Crippen LogP contribution in [0.3, 0.4) is 0 Å². The van der Waals surface area contributed by atoms with Crippen LogP contribution < -0.4 is 10.6 Å². The molecule has 0 saturated carbocycles. The van der Waals surface area contributed by atoms with E-state index in [1.54, 1.807) is 26.8 Å². The molecule has 1 aromatic rings. The second-order valence-electron chi connectivity index (χ2n) is 8.49. The summed E-state index contributed by atoms with van der Waals surface area (Å²) in [7, 11) is 0. The van der Waals surface area contributed by atoms with Crippen LogP contribution in [0.5, 0.6) is 0 Å². The van der Waals surface area contributed by atoms with Crippen LogP contribution in [0.1, 0.15) is 73.7 Å². The lowest BCUT2D eigenvalue weighted by atomic mass is 10.0. The molecule has 1 aromatic carbocycles. The summed E-state index contributed by atoms with van der Waals surface area (Å²) in [5.74, 6) is 3.43. The normalized spacial score (nSPS) is 16.9. The molecular formula is C25H31N3O7. The van der Waals surface area contributed by atoms with E-state index in [1.165, 1.54) is 12.1 Å². The van der Waals surface area contributed by atoms with Crippen LogP contribution in [0.25, 0.3) is 0 Å². The van der Waals surface area contributed by atoms with E-state index < -0.39 is 41.4 Å². The highest BCUT2D eigenvalue weighted by atomic mass is 16.6. The molecule has 10 nitrogen and oxygen atoms in total. The average Bonchev–Trinajstić information content (AvgIpc) is 3.03. The largest absolute Gasteiger partial charge is 0.444 e. The summed E-state index contributed by atoms with van der Waals surface area (Å²) >= 11 is 0. The molecule has 1 fully saturated rings. The lowest BCUT2D eigenvalue weighted by molar-refractivity contribution is -0.136. The van der Waals surface area contributed by atoms with Crippen molar-refractivity contribution >= 4 is 29.7 Å². The van der Waals surface area contributed by atoms with Gasteiger partial charge in [-0.05, 0) is 45.4 Å². The maximum atomic E-state index is 12.8. The second kappa shape index (κ2) is 12.1. The van der Waals surface area contributed by atoms with E-state index in [9.17, 15) is 24.0 Å². The van der Waals surface area contributed by atoms with E-state index in [0.717, 1.165) is 4.90 Å².